The van der Waals surface area contributed by atoms with Crippen LogP contribution < -0.4 is 0 Å². The van der Waals surface area contributed by atoms with E-state index in [9.17, 15) is 0 Å². The van der Waals surface area contributed by atoms with Crippen LogP contribution in [0.1, 0.15) is 0 Å². The maximum atomic E-state index is 8.40. The van der Waals surface area contributed by atoms with Crippen molar-refractivity contribution >= 4 is 73.3 Å². The minimum absolute atomic E-state index is 0. The summed E-state index contributed by atoms with van der Waals surface area (Å²) in [6, 6.07) is 0. The van der Waals surface area contributed by atoms with Crippen LogP contribution in [0.3, 0.4) is 0 Å². The van der Waals surface area contributed by atoms with Gasteiger partial charge in [-0.2, -0.15) is 0 Å². The maximum absolute atomic E-state index is 8.40. The van der Waals surface area contributed by atoms with E-state index in [1.807, 2.05) is 0 Å². The van der Waals surface area contributed by atoms with E-state index in [1.54, 1.807) is 0 Å². The zero-order valence-electron chi connectivity index (χ0n) is 8.54. The maximum Gasteiger partial charge on any atom is 2.00 e. The van der Waals surface area contributed by atoms with Crippen molar-refractivity contribution in [3.8, 4) is 0 Å². The molecule has 0 bridgehead atoms. The summed E-state index contributed by atoms with van der Waals surface area (Å²) in [6.45, 7) is -0.729. The van der Waals surface area contributed by atoms with Gasteiger partial charge in [-0.15, -0.1) is 35.6 Å². The van der Waals surface area contributed by atoms with Crippen molar-refractivity contribution in [2.75, 3.05) is 25.0 Å². The Morgan fingerprint density at radius 2 is 1.06 bits per heavy atom. The molecule has 0 aromatic rings. The zero-order valence-corrected chi connectivity index (χ0v) is 13.1. The smallest absolute Gasteiger partial charge is 0.870 e. The van der Waals surface area contributed by atoms with Crippen molar-refractivity contribution in [2.24, 2.45) is 0 Å². The SMILES string of the molecule is Cl.OC(CCl)CCl.OCC(O)CO.[Ca+2].[OH-].[OH-]. The fraction of sp³-hybridized carbons (Fsp3) is 1.00. The molecule has 100 valence electrons. The number of halogens is 3. The van der Waals surface area contributed by atoms with Crippen molar-refractivity contribution in [3.63, 3.8) is 0 Å². The Morgan fingerprint density at radius 1 is 0.812 bits per heavy atom. The van der Waals surface area contributed by atoms with Crippen molar-refractivity contribution in [2.45, 2.75) is 12.2 Å². The molecule has 0 amide bonds. The van der Waals surface area contributed by atoms with E-state index >= 15 is 0 Å². The fourth-order valence-corrected chi connectivity index (χ4v) is 0.429. The third kappa shape index (κ3) is 36.0. The predicted octanol–water partition coefficient (Wildman–Crippen LogP) is -1.16. The molecule has 0 aromatic carbocycles. The van der Waals surface area contributed by atoms with Gasteiger partial charge in [0.05, 0.1) is 19.3 Å². The van der Waals surface area contributed by atoms with Crippen molar-refractivity contribution in [1.82, 2.24) is 0 Å². The van der Waals surface area contributed by atoms with Gasteiger partial charge in [-0.1, -0.05) is 0 Å². The summed E-state index contributed by atoms with van der Waals surface area (Å²) < 4.78 is 0. The molecule has 0 aliphatic heterocycles. The number of rotatable bonds is 4. The molecular weight excluding hydrogens is 314 g/mol. The van der Waals surface area contributed by atoms with E-state index in [0.717, 1.165) is 0 Å². The molecule has 6 nitrogen and oxygen atoms in total. The van der Waals surface area contributed by atoms with E-state index in [1.165, 1.54) is 0 Å². The van der Waals surface area contributed by atoms with E-state index in [2.05, 4.69) is 0 Å². The molecular formula is C6H17CaCl3O6. The second kappa shape index (κ2) is 30.2. The summed E-state index contributed by atoms with van der Waals surface area (Å²) >= 11 is 10.2. The first-order valence-corrected chi connectivity index (χ1v) is 4.39. The zero-order chi connectivity index (χ0) is 9.98. The number of aliphatic hydroxyl groups is 4. The molecule has 0 fully saturated rings. The Kier molecular flexibility index (Phi) is 68.1. The average Bonchev–Trinajstić information content (AvgIpc) is 2.16. The van der Waals surface area contributed by atoms with Crippen LogP contribution >= 0.6 is 35.6 Å². The van der Waals surface area contributed by atoms with Crippen LogP contribution in [-0.2, 0) is 0 Å². The molecule has 0 aromatic heterocycles. The summed E-state index contributed by atoms with van der Waals surface area (Å²) in [7, 11) is 0. The molecule has 0 atom stereocenters. The summed E-state index contributed by atoms with van der Waals surface area (Å²) in [4.78, 5) is 0. The van der Waals surface area contributed by atoms with Crippen LogP contribution in [0, 0.1) is 0 Å². The molecule has 16 heavy (non-hydrogen) atoms. The van der Waals surface area contributed by atoms with Crippen LogP contribution in [0.5, 0.6) is 0 Å². The second-order valence-electron chi connectivity index (χ2n) is 1.98. The first kappa shape index (κ1) is 36.1. The molecule has 0 rings (SSSR count). The molecule has 0 saturated carbocycles. The molecule has 6 N–H and O–H groups in total. The Morgan fingerprint density at radius 3 is 1.06 bits per heavy atom. The molecule has 10 heteroatoms. The van der Waals surface area contributed by atoms with Crippen LogP contribution in [0.4, 0.5) is 0 Å². The van der Waals surface area contributed by atoms with Crippen molar-refractivity contribution in [3.05, 3.63) is 0 Å². The topological polar surface area (TPSA) is 141 Å². The van der Waals surface area contributed by atoms with Gasteiger partial charge in [-0.25, -0.2) is 0 Å². The number of hydrogen-bond donors (Lipinski definition) is 4. The van der Waals surface area contributed by atoms with Gasteiger partial charge in [0, 0.05) is 11.8 Å². The van der Waals surface area contributed by atoms with Gasteiger partial charge in [-0.3, -0.25) is 0 Å². The van der Waals surface area contributed by atoms with Gasteiger partial charge >= 0.3 is 37.7 Å². The standard InChI is InChI=1S/C3H6Cl2O.C3H8O3.Ca.ClH.2H2O/c2*4-1-3(6)2-5;;;;/h3,6H,1-2H2;3-6H,1-2H2;;1H;2*1H2/q;;+2;;;/p-2. The monoisotopic (exact) mass is 330 g/mol. The van der Waals surface area contributed by atoms with Crippen molar-refractivity contribution < 1.29 is 31.4 Å². The summed E-state index contributed by atoms with van der Waals surface area (Å²) in [5.41, 5.74) is 0. The summed E-state index contributed by atoms with van der Waals surface area (Å²) in [6.07, 6.45) is -1.49. The van der Waals surface area contributed by atoms with Gasteiger partial charge < -0.3 is 31.4 Å². The van der Waals surface area contributed by atoms with E-state index in [-0.39, 0.29) is 86.1 Å². The molecule has 0 radical (unpaired) electrons. The molecule has 0 aliphatic carbocycles. The van der Waals surface area contributed by atoms with Gasteiger partial charge in [0.2, 0.25) is 0 Å². The number of alkyl halides is 2. The van der Waals surface area contributed by atoms with Crippen LogP contribution in [0.25, 0.3) is 0 Å². The summed E-state index contributed by atoms with van der Waals surface area (Å²) in [5, 5.41) is 32.4. The minimum atomic E-state index is -0.954. The first-order chi connectivity index (χ1) is 5.62. The van der Waals surface area contributed by atoms with E-state index in [0.29, 0.717) is 0 Å². The Labute approximate surface area is 141 Å². The van der Waals surface area contributed by atoms with Crippen LogP contribution in [0.15, 0.2) is 0 Å². The first-order valence-electron chi connectivity index (χ1n) is 3.32. The third-order valence-corrected chi connectivity index (χ3v) is 1.49. The minimum Gasteiger partial charge on any atom is -0.870 e. The Bertz CT molecular complexity index is 76.7. The second-order valence-corrected chi connectivity index (χ2v) is 2.60. The van der Waals surface area contributed by atoms with E-state index in [4.69, 9.17) is 43.6 Å². The molecule has 0 spiro atoms. The largest absolute Gasteiger partial charge is 2.00 e. The van der Waals surface area contributed by atoms with Crippen LogP contribution in [0.2, 0.25) is 0 Å². The molecule has 0 aliphatic rings. The van der Waals surface area contributed by atoms with Gasteiger partial charge in [0.1, 0.15) is 6.10 Å². The number of hydrogen-bond acceptors (Lipinski definition) is 6. The third-order valence-electron chi connectivity index (χ3n) is 0.778. The molecule has 0 heterocycles. The molecule has 0 saturated heterocycles. The Hall–Kier alpha value is 1.89. The predicted molar refractivity (Wildman–Crippen MR) is 64.5 cm³/mol. The number of aliphatic hydroxyl groups excluding tert-OH is 4. The van der Waals surface area contributed by atoms with Crippen molar-refractivity contribution in [1.29, 1.82) is 0 Å². The van der Waals surface area contributed by atoms with Crippen LogP contribution in [-0.4, -0.2) is 106 Å². The average molecular weight is 332 g/mol. The quantitative estimate of drug-likeness (QED) is 0.378. The van der Waals surface area contributed by atoms with Gasteiger partial charge in [-0.05, 0) is 0 Å². The fourth-order valence-electron chi connectivity index (χ4n) is 0.0990. The normalized spacial score (nSPS) is 7.50. The van der Waals surface area contributed by atoms with Gasteiger partial charge in [0.25, 0.3) is 0 Å². The Balaban J connectivity index is -0.0000000250. The van der Waals surface area contributed by atoms with E-state index < -0.39 is 12.2 Å². The molecule has 0 unspecified atom stereocenters. The van der Waals surface area contributed by atoms with Gasteiger partial charge in [0.15, 0.2) is 0 Å². The summed E-state index contributed by atoms with van der Waals surface area (Å²) in [5.74, 6) is 0.451.